The van der Waals surface area contributed by atoms with Gasteiger partial charge in [0.15, 0.2) is 6.29 Å². The van der Waals surface area contributed by atoms with Crippen molar-refractivity contribution in [1.82, 2.24) is 0 Å². The molecule has 0 amide bonds. The van der Waals surface area contributed by atoms with Gasteiger partial charge in [0.25, 0.3) is 0 Å². The van der Waals surface area contributed by atoms with Crippen LogP contribution in [0.4, 0.5) is 0 Å². The maximum atomic E-state index is 12.6. The average molecular weight is 501 g/mol. The van der Waals surface area contributed by atoms with E-state index in [2.05, 4.69) is 34.6 Å². The van der Waals surface area contributed by atoms with Gasteiger partial charge in [0.05, 0.1) is 6.61 Å². The van der Waals surface area contributed by atoms with Crippen LogP contribution in [-0.4, -0.2) is 25.3 Å². The summed E-state index contributed by atoms with van der Waals surface area (Å²) in [5.41, 5.74) is 1.30. The zero-order valence-corrected chi connectivity index (χ0v) is 24.3. The molecule has 0 spiro atoms. The molecule has 0 aromatic rings. The van der Waals surface area contributed by atoms with E-state index in [0.29, 0.717) is 33.9 Å². The normalized spacial score (nSPS) is 50.1. The van der Waals surface area contributed by atoms with Gasteiger partial charge in [0.1, 0.15) is 5.78 Å². The van der Waals surface area contributed by atoms with E-state index in [4.69, 9.17) is 9.47 Å². The van der Waals surface area contributed by atoms with Crippen molar-refractivity contribution in [3.63, 3.8) is 0 Å². The van der Waals surface area contributed by atoms with E-state index in [1.54, 1.807) is 0 Å². The lowest BCUT2D eigenvalue weighted by Crippen LogP contribution is -2.61. The zero-order chi connectivity index (χ0) is 25.6. The monoisotopic (exact) mass is 500 g/mol. The number of fused-ring (bicyclic) bond motifs is 7. The molecule has 206 valence electrons. The van der Waals surface area contributed by atoms with E-state index < -0.39 is 0 Å². The maximum absolute atomic E-state index is 12.6. The molecule has 3 nitrogen and oxygen atoms in total. The second-order valence-corrected chi connectivity index (χ2v) is 14.5. The highest BCUT2D eigenvalue weighted by molar-refractivity contribution is 5.82. The molecule has 1 heterocycles. The fourth-order valence-electron chi connectivity index (χ4n) is 11.1. The number of ether oxygens (including phenoxy) is 2. The van der Waals surface area contributed by atoms with Gasteiger partial charge < -0.3 is 9.47 Å². The fraction of sp³-hybridized carbons (Fsp3) is 0.970. The third-order valence-electron chi connectivity index (χ3n) is 12.7. The Morgan fingerprint density at radius 2 is 1.58 bits per heavy atom. The number of ketones is 1. The predicted molar refractivity (Wildman–Crippen MR) is 147 cm³/mol. The Hall–Kier alpha value is -0.410. The minimum atomic E-state index is 0.0616. The van der Waals surface area contributed by atoms with Crippen LogP contribution < -0.4 is 0 Å². The van der Waals surface area contributed by atoms with Crippen molar-refractivity contribution in [2.75, 3.05) is 13.2 Å². The summed E-state index contributed by atoms with van der Waals surface area (Å²) in [5, 5.41) is 0. The molecule has 0 N–H and O–H groups in total. The molecule has 6 rings (SSSR count). The van der Waals surface area contributed by atoms with Crippen LogP contribution in [0.1, 0.15) is 131 Å². The van der Waals surface area contributed by atoms with Gasteiger partial charge in [-0.1, -0.05) is 47.5 Å². The number of carbonyl (C=O) groups is 1. The molecular weight excluding hydrogens is 444 g/mol. The number of rotatable bonds is 3. The van der Waals surface area contributed by atoms with E-state index in [-0.39, 0.29) is 6.29 Å². The van der Waals surface area contributed by atoms with E-state index in [9.17, 15) is 4.79 Å². The van der Waals surface area contributed by atoms with Crippen molar-refractivity contribution < 1.29 is 14.3 Å². The van der Waals surface area contributed by atoms with Gasteiger partial charge in [-0.15, -0.1) is 0 Å². The average Bonchev–Trinajstić information content (AvgIpc) is 3.31. The lowest BCUT2D eigenvalue weighted by Gasteiger charge is -2.67. The Bertz CT molecular complexity index is 773. The Kier molecular flexibility index (Phi) is 8.02. The minimum absolute atomic E-state index is 0.0616. The lowest BCUT2D eigenvalue weighted by molar-refractivity contribution is -0.210. The van der Waals surface area contributed by atoms with Crippen molar-refractivity contribution in [3.8, 4) is 0 Å². The van der Waals surface area contributed by atoms with Crippen LogP contribution in [0.2, 0.25) is 0 Å². The molecule has 6 aliphatic rings. The summed E-state index contributed by atoms with van der Waals surface area (Å²) in [6, 6.07) is 0. The number of Topliss-reactive ketones (excluding diaryl/α,β-unsaturated/α-hetero) is 1. The van der Waals surface area contributed by atoms with Crippen molar-refractivity contribution >= 4 is 5.78 Å². The molecule has 5 aliphatic carbocycles. The molecule has 10 atom stereocenters. The maximum Gasteiger partial charge on any atom is 0.157 e. The molecule has 1 aliphatic heterocycles. The highest BCUT2D eigenvalue weighted by Gasteiger charge is 2.64. The summed E-state index contributed by atoms with van der Waals surface area (Å²) in [5.74, 6) is 4.96. The quantitative estimate of drug-likeness (QED) is 0.389. The summed E-state index contributed by atoms with van der Waals surface area (Å²) in [6.07, 6.45) is 19.4. The van der Waals surface area contributed by atoms with Crippen molar-refractivity contribution in [3.05, 3.63) is 0 Å². The van der Waals surface area contributed by atoms with Crippen LogP contribution in [-0.2, 0) is 14.3 Å². The molecule has 5 saturated carbocycles. The third kappa shape index (κ3) is 4.44. The number of carbonyl (C=O) groups excluding carboxylic acids is 1. The van der Waals surface area contributed by atoms with Crippen LogP contribution >= 0.6 is 0 Å². The fourth-order valence-corrected chi connectivity index (χ4v) is 11.1. The van der Waals surface area contributed by atoms with Gasteiger partial charge in [-0.2, -0.15) is 0 Å². The Morgan fingerprint density at radius 3 is 2.33 bits per heavy atom. The highest BCUT2D eigenvalue weighted by Crippen LogP contribution is 2.71. The third-order valence-corrected chi connectivity index (χ3v) is 12.7. The second kappa shape index (κ2) is 10.6. The van der Waals surface area contributed by atoms with E-state index in [0.717, 1.165) is 56.1 Å². The number of hydrogen-bond donors (Lipinski definition) is 0. The van der Waals surface area contributed by atoms with Gasteiger partial charge in [-0.3, -0.25) is 4.79 Å². The lowest BCUT2D eigenvalue weighted by atomic mass is 9.38. The van der Waals surface area contributed by atoms with Gasteiger partial charge >= 0.3 is 0 Å². The van der Waals surface area contributed by atoms with Gasteiger partial charge in [0.2, 0.25) is 0 Å². The Labute approximate surface area is 222 Å². The molecule has 6 fully saturated rings. The van der Waals surface area contributed by atoms with Crippen LogP contribution in [0.15, 0.2) is 0 Å². The molecular formula is C33H56O3. The molecule has 3 heteroatoms. The van der Waals surface area contributed by atoms with Crippen LogP contribution in [0, 0.1) is 51.8 Å². The summed E-state index contributed by atoms with van der Waals surface area (Å²) >= 11 is 0. The van der Waals surface area contributed by atoms with Crippen LogP contribution in [0.25, 0.3) is 0 Å². The summed E-state index contributed by atoms with van der Waals surface area (Å²) in [6.45, 7) is 13.6. The first-order valence-corrected chi connectivity index (χ1v) is 16.0. The molecule has 10 unspecified atom stereocenters. The molecule has 0 bridgehead atoms. The second-order valence-electron chi connectivity index (χ2n) is 14.5. The van der Waals surface area contributed by atoms with E-state index in [1.165, 1.54) is 77.0 Å². The molecule has 0 radical (unpaired) electrons. The predicted octanol–water partition coefficient (Wildman–Crippen LogP) is 8.59. The van der Waals surface area contributed by atoms with Gasteiger partial charge in [-0.05, 0) is 123 Å². The number of hydrogen-bond acceptors (Lipinski definition) is 3. The molecule has 1 saturated heterocycles. The zero-order valence-electron chi connectivity index (χ0n) is 24.3. The first-order valence-electron chi connectivity index (χ1n) is 16.0. The molecule has 0 aromatic heterocycles. The standard InChI is InChI=1S/C30H48O3.C3H8/c1-20-22-11-15-29(3)23-12-17-30(19-33-27-8-4-5-18-32-27)14-6-7-24(30)21(23)9-10-26(29)28(22,2)16-13-25(20)31;1-3-2/h20-24,26-27H,4-19H2,1-3H3;3H2,1-2H3. The summed E-state index contributed by atoms with van der Waals surface area (Å²) in [7, 11) is 0. The van der Waals surface area contributed by atoms with E-state index >= 15 is 0 Å². The summed E-state index contributed by atoms with van der Waals surface area (Å²) in [4.78, 5) is 12.6. The van der Waals surface area contributed by atoms with E-state index in [1.807, 2.05) is 0 Å². The van der Waals surface area contributed by atoms with Gasteiger partial charge in [-0.25, -0.2) is 0 Å². The van der Waals surface area contributed by atoms with Crippen molar-refractivity contribution in [2.24, 2.45) is 51.8 Å². The minimum Gasteiger partial charge on any atom is -0.353 e. The van der Waals surface area contributed by atoms with Gasteiger partial charge in [0, 0.05) is 18.9 Å². The van der Waals surface area contributed by atoms with Crippen LogP contribution in [0.5, 0.6) is 0 Å². The van der Waals surface area contributed by atoms with Crippen molar-refractivity contribution in [2.45, 2.75) is 137 Å². The summed E-state index contributed by atoms with van der Waals surface area (Å²) < 4.78 is 12.4. The first kappa shape index (κ1) is 27.2. The molecule has 0 aromatic carbocycles. The SMILES string of the molecule is CC1C(=O)CCC2(C)C1CCC1(C)C3CCC4(COC5CCCCO5)CCCC4C3CCC21.CCC. The Morgan fingerprint density at radius 1 is 0.833 bits per heavy atom. The largest absolute Gasteiger partial charge is 0.353 e. The first-order chi connectivity index (χ1) is 17.3. The smallest absolute Gasteiger partial charge is 0.157 e. The topological polar surface area (TPSA) is 35.5 Å². The molecule has 36 heavy (non-hydrogen) atoms. The van der Waals surface area contributed by atoms with Crippen LogP contribution in [0.3, 0.4) is 0 Å². The Balaban J connectivity index is 0.000000848. The highest BCUT2D eigenvalue weighted by atomic mass is 16.7. The van der Waals surface area contributed by atoms with Crippen molar-refractivity contribution in [1.29, 1.82) is 0 Å².